The van der Waals surface area contributed by atoms with E-state index in [2.05, 4.69) is 34.9 Å². The average molecular weight is 479 g/mol. The van der Waals surface area contributed by atoms with E-state index in [0.29, 0.717) is 18.8 Å². The summed E-state index contributed by atoms with van der Waals surface area (Å²) in [6.45, 7) is 2.20. The second-order valence-corrected chi connectivity index (χ2v) is 9.65. The molecule has 1 saturated carbocycles. The molecular weight excluding hydrogens is 444 g/mol. The minimum atomic E-state index is -0.949. The van der Waals surface area contributed by atoms with E-state index in [1.165, 1.54) is 0 Å². The van der Waals surface area contributed by atoms with Gasteiger partial charge in [-0.25, -0.2) is 4.79 Å². The van der Waals surface area contributed by atoms with Crippen molar-refractivity contribution in [1.29, 1.82) is 0 Å². The van der Waals surface area contributed by atoms with Gasteiger partial charge in [0, 0.05) is 12.0 Å². The number of hydrogen-bond donors (Lipinski definition) is 3. The monoisotopic (exact) mass is 478 g/mol. The van der Waals surface area contributed by atoms with Crippen LogP contribution in [0.25, 0.3) is 11.1 Å². The Hall–Kier alpha value is -3.35. The zero-order chi connectivity index (χ0) is 24.8. The number of rotatable bonds is 12. The van der Waals surface area contributed by atoms with E-state index in [4.69, 9.17) is 4.74 Å². The lowest BCUT2D eigenvalue weighted by atomic mass is 9.98. The highest BCUT2D eigenvalue weighted by molar-refractivity contribution is 5.86. The van der Waals surface area contributed by atoms with E-state index in [0.717, 1.165) is 47.9 Å². The molecule has 2 atom stereocenters. The zero-order valence-corrected chi connectivity index (χ0v) is 20.2. The van der Waals surface area contributed by atoms with Gasteiger partial charge in [-0.05, 0) is 41.0 Å². The number of nitrogens with one attached hydrogen (secondary N) is 2. The fourth-order valence-electron chi connectivity index (χ4n) is 4.89. The highest BCUT2D eigenvalue weighted by atomic mass is 16.5. The molecule has 0 heterocycles. The van der Waals surface area contributed by atoms with E-state index < -0.39 is 24.1 Å². The number of amides is 2. The van der Waals surface area contributed by atoms with Crippen molar-refractivity contribution in [2.45, 2.75) is 69.9 Å². The third-order valence-corrected chi connectivity index (χ3v) is 6.89. The Morgan fingerprint density at radius 3 is 2.20 bits per heavy atom. The molecule has 3 N–H and O–H groups in total. The first-order valence-electron chi connectivity index (χ1n) is 12.6. The van der Waals surface area contributed by atoms with Gasteiger partial charge in [-0.3, -0.25) is 9.59 Å². The quantitative estimate of drug-likeness (QED) is 0.405. The normalized spacial score (nSPS) is 16.0. The standard InChI is InChI=1S/C28H34N2O5/c1-2-3-8-19(16-26(31)32)29-27(33)25(15-18-13-14-18)30-28(34)35-17-24-22-11-6-4-9-20(22)21-10-5-7-12-23(21)24/h4-7,9-12,18-19,24-25H,2-3,8,13-17H2,1H3,(H,29,33)(H,30,34)(H,31,32)/t19-,25?/m1/s1. The Labute approximate surface area is 206 Å². The lowest BCUT2D eigenvalue weighted by Crippen LogP contribution is -2.50. The molecular formula is C28H34N2O5. The van der Waals surface area contributed by atoms with Crippen LogP contribution in [0.1, 0.15) is 68.9 Å². The van der Waals surface area contributed by atoms with Crippen molar-refractivity contribution in [3.05, 3.63) is 59.7 Å². The molecule has 186 valence electrons. The first-order valence-corrected chi connectivity index (χ1v) is 12.6. The molecule has 7 nitrogen and oxygen atoms in total. The number of benzene rings is 2. The van der Waals surface area contributed by atoms with Crippen LogP contribution in [0.3, 0.4) is 0 Å². The minimum absolute atomic E-state index is 0.0575. The third kappa shape index (κ3) is 6.41. The van der Waals surface area contributed by atoms with E-state index >= 15 is 0 Å². The molecule has 7 heteroatoms. The molecule has 4 rings (SSSR count). The van der Waals surface area contributed by atoms with E-state index in [1.54, 1.807) is 0 Å². The van der Waals surface area contributed by atoms with Gasteiger partial charge in [0.1, 0.15) is 12.6 Å². The van der Waals surface area contributed by atoms with Crippen molar-refractivity contribution in [2.75, 3.05) is 6.61 Å². The maximum atomic E-state index is 13.0. The average Bonchev–Trinajstić information content (AvgIpc) is 3.61. The van der Waals surface area contributed by atoms with Gasteiger partial charge in [0.25, 0.3) is 0 Å². The van der Waals surface area contributed by atoms with Gasteiger partial charge in [0.15, 0.2) is 0 Å². The number of aliphatic carboxylic acids is 1. The van der Waals surface area contributed by atoms with Crippen LogP contribution in [-0.4, -0.2) is 41.8 Å². The predicted octanol–water partition coefficient (Wildman–Crippen LogP) is 4.84. The van der Waals surface area contributed by atoms with Crippen molar-refractivity contribution >= 4 is 18.0 Å². The van der Waals surface area contributed by atoms with Crippen molar-refractivity contribution in [1.82, 2.24) is 10.6 Å². The summed E-state index contributed by atoms with van der Waals surface area (Å²) in [6.07, 6.45) is 4.16. The number of carboxylic acid groups (broad SMARTS) is 1. The number of ether oxygens (including phenoxy) is 1. The largest absolute Gasteiger partial charge is 0.481 e. The van der Waals surface area contributed by atoms with Gasteiger partial charge in [-0.2, -0.15) is 0 Å². The number of unbranched alkanes of at least 4 members (excludes halogenated alkanes) is 1. The molecule has 35 heavy (non-hydrogen) atoms. The van der Waals surface area contributed by atoms with Crippen LogP contribution in [0.15, 0.2) is 48.5 Å². The number of carboxylic acids is 1. The maximum absolute atomic E-state index is 13.0. The number of fused-ring (bicyclic) bond motifs is 3. The predicted molar refractivity (Wildman–Crippen MR) is 133 cm³/mol. The number of carbonyl (C=O) groups excluding carboxylic acids is 2. The van der Waals surface area contributed by atoms with Crippen molar-refractivity contribution < 1.29 is 24.2 Å². The molecule has 0 spiro atoms. The summed E-state index contributed by atoms with van der Waals surface area (Å²) in [6, 6.07) is 15.1. The Balaban J connectivity index is 1.38. The van der Waals surface area contributed by atoms with Gasteiger partial charge in [0.05, 0.1) is 6.42 Å². The Kier molecular flexibility index (Phi) is 8.06. The molecule has 2 aliphatic rings. The second-order valence-electron chi connectivity index (χ2n) is 9.65. The lowest BCUT2D eigenvalue weighted by molar-refractivity contribution is -0.137. The molecule has 2 aromatic rings. The molecule has 2 amide bonds. The summed E-state index contributed by atoms with van der Waals surface area (Å²) in [7, 11) is 0. The van der Waals surface area contributed by atoms with Crippen LogP contribution in [0.4, 0.5) is 4.79 Å². The maximum Gasteiger partial charge on any atom is 0.407 e. The van der Waals surface area contributed by atoms with E-state index in [1.807, 2.05) is 31.2 Å². The minimum Gasteiger partial charge on any atom is -0.481 e. The smallest absolute Gasteiger partial charge is 0.407 e. The zero-order valence-electron chi connectivity index (χ0n) is 20.2. The molecule has 1 unspecified atom stereocenters. The Morgan fingerprint density at radius 1 is 1.00 bits per heavy atom. The van der Waals surface area contributed by atoms with Crippen LogP contribution in [-0.2, 0) is 14.3 Å². The molecule has 2 aromatic carbocycles. The first-order chi connectivity index (χ1) is 17.0. The van der Waals surface area contributed by atoms with Crippen LogP contribution in [0.5, 0.6) is 0 Å². The number of carbonyl (C=O) groups is 3. The number of hydrogen-bond acceptors (Lipinski definition) is 4. The third-order valence-electron chi connectivity index (χ3n) is 6.89. The SMILES string of the molecule is CCCC[C@H](CC(=O)O)NC(=O)C(CC1CC1)NC(=O)OCC1c2ccccc2-c2ccccc21. The summed E-state index contributed by atoms with van der Waals surface area (Å²) >= 11 is 0. The fourth-order valence-corrected chi connectivity index (χ4v) is 4.89. The Bertz CT molecular complexity index is 1020. The Morgan fingerprint density at radius 2 is 1.63 bits per heavy atom. The first kappa shape index (κ1) is 24.8. The van der Waals surface area contributed by atoms with E-state index in [9.17, 15) is 19.5 Å². The summed E-state index contributed by atoms with van der Waals surface area (Å²) < 4.78 is 5.63. The molecule has 0 saturated heterocycles. The second kappa shape index (κ2) is 11.4. The number of alkyl carbamates (subject to hydrolysis) is 1. The molecule has 1 fully saturated rings. The summed E-state index contributed by atoms with van der Waals surface area (Å²) in [5, 5.41) is 14.8. The highest BCUT2D eigenvalue weighted by Gasteiger charge is 2.33. The van der Waals surface area contributed by atoms with Crippen LogP contribution < -0.4 is 10.6 Å². The van der Waals surface area contributed by atoms with Crippen molar-refractivity contribution in [3.63, 3.8) is 0 Å². The van der Waals surface area contributed by atoms with Crippen LogP contribution >= 0.6 is 0 Å². The molecule has 0 aliphatic heterocycles. The molecule has 0 bridgehead atoms. The topological polar surface area (TPSA) is 105 Å². The summed E-state index contributed by atoms with van der Waals surface area (Å²) in [4.78, 5) is 37.0. The van der Waals surface area contributed by atoms with Crippen LogP contribution in [0.2, 0.25) is 0 Å². The van der Waals surface area contributed by atoms with Gasteiger partial charge in [0.2, 0.25) is 5.91 Å². The molecule has 0 aromatic heterocycles. The van der Waals surface area contributed by atoms with E-state index in [-0.39, 0.29) is 24.9 Å². The van der Waals surface area contributed by atoms with Crippen molar-refractivity contribution in [3.8, 4) is 11.1 Å². The lowest BCUT2D eigenvalue weighted by Gasteiger charge is -2.23. The van der Waals surface area contributed by atoms with Gasteiger partial charge < -0.3 is 20.5 Å². The van der Waals surface area contributed by atoms with Crippen LogP contribution in [0, 0.1) is 5.92 Å². The van der Waals surface area contributed by atoms with Crippen molar-refractivity contribution in [2.24, 2.45) is 5.92 Å². The molecule has 0 radical (unpaired) electrons. The van der Waals surface area contributed by atoms with Gasteiger partial charge in [-0.1, -0.05) is 81.1 Å². The molecule has 2 aliphatic carbocycles. The summed E-state index contributed by atoms with van der Waals surface area (Å²) in [5.74, 6) is -0.951. The van der Waals surface area contributed by atoms with Gasteiger partial charge in [-0.15, -0.1) is 0 Å². The summed E-state index contributed by atoms with van der Waals surface area (Å²) in [5.41, 5.74) is 4.56. The highest BCUT2D eigenvalue weighted by Crippen LogP contribution is 2.44. The fraction of sp³-hybridized carbons (Fsp3) is 0.464. The van der Waals surface area contributed by atoms with Gasteiger partial charge >= 0.3 is 12.1 Å².